The van der Waals surface area contributed by atoms with Crippen LogP contribution in [-0.4, -0.2) is 0 Å². The van der Waals surface area contributed by atoms with Crippen LogP contribution in [0, 0.1) is 17.8 Å². The average Bonchev–Trinajstić information content (AvgIpc) is 2.25. The Bertz CT molecular complexity index is 137. The van der Waals surface area contributed by atoms with E-state index in [1.165, 1.54) is 51.4 Å². The molecule has 0 heteroatoms. The molecule has 0 fully saturated rings. The van der Waals surface area contributed by atoms with Crippen LogP contribution in [0.1, 0.15) is 86.0 Å². The van der Waals surface area contributed by atoms with Crippen LogP contribution in [0.2, 0.25) is 0 Å². The van der Waals surface area contributed by atoms with Crippen LogP contribution in [0.15, 0.2) is 0 Å². The molecule has 0 bridgehead atoms. The number of rotatable bonds is 10. The van der Waals surface area contributed by atoms with E-state index >= 15 is 0 Å². The molecule has 0 aromatic rings. The highest BCUT2D eigenvalue weighted by Crippen LogP contribution is 2.32. The van der Waals surface area contributed by atoms with E-state index in [0.29, 0.717) is 0 Å². The lowest BCUT2D eigenvalue weighted by Crippen LogP contribution is -2.20. The second kappa shape index (κ2) is 10.2. The summed E-state index contributed by atoms with van der Waals surface area (Å²) in [5, 5.41) is 0. The first kappa shape index (κ1) is 16.0. The minimum Gasteiger partial charge on any atom is -0.0654 e. The van der Waals surface area contributed by atoms with Gasteiger partial charge in [0.05, 0.1) is 0 Å². The molecule has 16 heavy (non-hydrogen) atoms. The van der Waals surface area contributed by atoms with Crippen molar-refractivity contribution < 1.29 is 0 Å². The van der Waals surface area contributed by atoms with Gasteiger partial charge >= 0.3 is 0 Å². The zero-order chi connectivity index (χ0) is 12.4. The Balaban J connectivity index is 4.20. The maximum absolute atomic E-state index is 2.42. The Morgan fingerprint density at radius 3 is 1.75 bits per heavy atom. The Morgan fingerprint density at radius 1 is 0.688 bits per heavy atom. The van der Waals surface area contributed by atoms with Crippen LogP contribution < -0.4 is 0 Å². The molecule has 0 amide bonds. The highest BCUT2D eigenvalue weighted by atomic mass is 14.3. The van der Waals surface area contributed by atoms with Crippen molar-refractivity contribution in [3.63, 3.8) is 0 Å². The largest absolute Gasteiger partial charge is 0.0654 e. The van der Waals surface area contributed by atoms with Crippen LogP contribution in [0.5, 0.6) is 0 Å². The molecule has 2 unspecified atom stereocenters. The van der Waals surface area contributed by atoms with Crippen molar-refractivity contribution >= 4 is 0 Å². The lowest BCUT2D eigenvalue weighted by Gasteiger charge is -2.30. The van der Waals surface area contributed by atoms with Crippen molar-refractivity contribution in [3.8, 4) is 0 Å². The second-order valence-electron chi connectivity index (χ2n) is 5.74. The third-order valence-corrected chi connectivity index (χ3v) is 3.92. The lowest BCUT2D eigenvalue weighted by atomic mass is 9.76. The van der Waals surface area contributed by atoms with Gasteiger partial charge in [-0.05, 0) is 17.8 Å². The molecule has 0 aliphatic rings. The number of unbranched alkanes of at least 4 members (excludes halogenated alkanes) is 2. The Kier molecular flexibility index (Phi) is 10.2. The number of hydrogen-bond acceptors (Lipinski definition) is 0. The lowest BCUT2D eigenvalue weighted by molar-refractivity contribution is 0.205. The van der Waals surface area contributed by atoms with Crippen molar-refractivity contribution in [1.29, 1.82) is 0 Å². The van der Waals surface area contributed by atoms with Gasteiger partial charge in [0.1, 0.15) is 0 Å². The van der Waals surface area contributed by atoms with Gasteiger partial charge in [0, 0.05) is 0 Å². The van der Waals surface area contributed by atoms with Crippen LogP contribution in [0.3, 0.4) is 0 Å². The fraction of sp³-hybridized carbons (Fsp3) is 1.00. The van der Waals surface area contributed by atoms with Gasteiger partial charge in [0.25, 0.3) is 0 Å². The molecule has 0 rings (SSSR count). The van der Waals surface area contributed by atoms with Crippen LogP contribution >= 0.6 is 0 Å². The monoisotopic (exact) mass is 226 g/mol. The molecule has 0 saturated heterocycles. The first-order valence-corrected chi connectivity index (χ1v) is 7.67. The molecule has 0 nitrogen and oxygen atoms in total. The van der Waals surface area contributed by atoms with Gasteiger partial charge in [-0.25, -0.2) is 0 Å². The predicted molar refractivity (Wildman–Crippen MR) is 75.8 cm³/mol. The molecule has 0 saturated carbocycles. The molecule has 0 aromatic carbocycles. The fourth-order valence-electron chi connectivity index (χ4n) is 3.05. The van der Waals surface area contributed by atoms with Crippen LogP contribution in [-0.2, 0) is 0 Å². The van der Waals surface area contributed by atoms with E-state index in [2.05, 4.69) is 34.6 Å². The highest BCUT2D eigenvalue weighted by Gasteiger charge is 2.22. The molecule has 0 aromatic heterocycles. The summed E-state index contributed by atoms with van der Waals surface area (Å²) in [6.45, 7) is 11.8. The Morgan fingerprint density at radius 2 is 1.31 bits per heavy atom. The summed E-state index contributed by atoms with van der Waals surface area (Å²) in [7, 11) is 0. The summed E-state index contributed by atoms with van der Waals surface area (Å²) in [6.07, 6.45) is 11.3. The average molecular weight is 226 g/mol. The standard InChI is InChI=1S/C16H34/c1-6-9-10-13-15(11-7-2)16(12-8-3)14(4)5/h14-16H,6-13H2,1-5H3. The van der Waals surface area contributed by atoms with E-state index in [1.54, 1.807) is 0 Å². The smallest absolute Gasteiger partial charge is 0.0363 e. The van der Waals surface area contributed by atoms with Crippen LogP contribution in [0.25, 0.3) is 0 Å². The first-order chi connectivity index (χ1) is 7.67. The Labute approximate surface area is 104 Å². The molecule has 98 valence electrons. The fourth-order valence-corrected chi connectivity index (χ4v) is 3.05. The molecular formula is C16H34. The quantitative estimate of drug-likeness (QED) is 0.397. The van der Waals surface area contributed by atoms with Gasteiger partial charge in [-0.1, -0.05) is 86.0 Å². The normalized spacial score (nSPS) is 15.4. The van der Waals surface area contributed by atoms with E-state index in [-0.39, 0.29) is 0 Å². The Hall–Kier alpha value is 0. The van der Waals surface area contributed by atoms with Gasteiger partial charge in [0.15, 0.2) is 0 Å². The van der Waals surface area contributed by atoms with Gasteiger partial charge < -0.3 is 0 Å². The first-order valence-electron chi connectivity index (χ1n) is 7.67. The molecule has 0 aliphatic heterocycles. The predicted octanol–water partition coefficient (Wildman–Crippen LogP) is 6.06. The molecule has 0 radical (unpaired) electrons. The zero-order valence-corrected chi connectivity index (χ0v) is 12.4. The zero-order valence-electron chi connectivity index (χ0n) is 12.4. The van der Waals surface area contributed by atoms with E-state index in [9.17, 15) is 0 Å². The molecule has 0 spiro atoms. The minimum absolute atomic E-state index is 0.873. The van der Waals surface area contributed by atoms with Crippen molar-refractivity contribution in [3.05, 3.63) is 0 Å². The minimum atomic E-state index is 0.873. The van der Waals surface area contributed by atoms with Crippen molar-refractivity contribution in [1.82, 2.24) is 0 Å². The van der Waals surface area contributed by atoms with Crippen molar-refractivity contribution in [2.24, 2.45) is 17.8 Å². The summed E-state index contributed by atoms with van der Waals surface area (Å²) >= 11 is 0. The summed E-state index contributed by atoms with van der Waals surface area (Å²) in [5.74, 6) is 2.84. The van der Waals surface area contributed by atoms with E-state index in [4.69, 9.17) is 0 Å². The molecule has 0 heterocycles. The van der Waals surface area contributed by atoms with Gasteiger partial charge in [-0.3, -0.25) is 0 Å². The van der Waals surface area contributed by atoms with E-state index in [1.807, 2.05) is 0 Å². The summed E-state index contributed by atoms with van der Waals surface area (Å²) in [6, 6.07) is 0. The summed E-state index contributed by atoms with van der Waals surface area (Å²) in [4.78, 5) is 0. The van der Waals surface area contributed by atoms with Crippen molar-refractivity contribution in [2.75, 3.05) is 0 Å². The summed E-state index contributed by atoms with van der Waals surface area (Å²) < 4.78 is 0. The second-order valence-corrected chi connectivity index (χ2v) is 5.74. The number of hydrogen-bond donors (Lipinski definition) is 0. The van der Waals surface area contributed by atoms with Gasteiger partial charge in [-0.15, -0.1) is 0 Å². The molecule has 2 atom stereocenters. The maximum atomic E-state index is 2.42. The molecule has 0 N–H and O–H groups in total. The maximum Gasteiger partial charge on any atom is -0.0363 e. The summed E-state index contributed by atoms with van der Waals surface area (Å²) in [5.41, 5.74) is 0. The molecular weight excluding hydrogens is 192 g/mol. The van der Waals surface area contributed by atoms with E-state index < -0.39 is 0 Å². The topological polar surface area (TPSA) is 0 Å². The third-order valence-electron chi connectivity index (χ3n) is 3.92. The van der Waals surface area contributed by atoms with Crippen molar-refractivity contribution in [2.45, 2.75) is 86.0 Å². The van der Waals surface area contributed by atoms with E-state index in [0.717, 1.165) is 17.8 Å². The highest BCUT2D eigenvalue weighted by molar-refractivity contribution is 4.73. The molecule has 0 aliphatic carbocycles. The van der Waals surface area contributed by atoms with Gasteiger partial charge in [0.2, 0.25) is 0 Å². The SMILES string of the molecule is CCCCCC(CCC)C(CCC)C(C)C. The third kappa shape index (κ3) is 6.55. The van der Waals surface area contributed by atoms with Crippen LogP contribution in [0.4, 0.5) is 0 Å². The van der Waals surface area contributed by atoms with Gasteiger partial charge in [-0.2, -0.15) is 0 Å².